The Hall–Kier alpha value is -1.16. The molecule has 2 heterocycles. The lowest BCUT2D eigenvalue weighted by molar-refractivity contribution is 0.248. The maximum Gasteiger partial charge on any atom is 0.235 e. The minimum atomic E-state index is 0.622. The monoisotopic (exact) mass is 193 g/mol. The number of aromatic nitrogens is 2. The van der Waals surface area contributed by atoms with Gasteiger partial charge in [-0.15, -0.1) is 0 Å². The van der Waals surface area contributed by atoms with Crippen molar-refractivity contribution in [1.82, 2.24) is 15.3 Å². The summed E-state index contributed by atoms with van der Waals surface area (Å²) in [6.45, 7) is 4.81. The van der Waals surface area contributed by atoms with Crippen molar-refractivity contribution in [3.8, 4) is 5.88 Å². The van der Waals surface area contributed by atoms with Crippen LogP contribution in [0.25, 0.3) is 0 Å². The molecule has 14 heavy (non-hydrogen) atoms. The third-order valence-electron chi connectivity index (χ3n) is 2.45. The second-order valence-electron chi connectivity index (χ2n) is 3.62. The van der Waals surface area contributed by atoms with Crippen molar-refractivity contribution in [2.45, 2.75) is 13.3 Å². The molecule has 1 aliphatic heterocycles. The minimum Gasteiger partial charge on any atom is -0.476 e. The highest BCUT2D eigenvalue weighted by Crippen LogP contribution is 2.13. The van der Waals surface area contributed by atoms with E-state index >= 15 is 0 Å². The molecule has 1 aliphatic rings. The molecule has 1 aromatic rings. The molecule has 0 unspecified atom stereocenters. The number of hydrogen-bond acceptors (Lipinski definition) is 4. The van der Waals surface area contributed by atoms with E-state index < -0.39 is 0 Å². The minimum absolute atomic E-state index is 0.622. The first-order chi connectivity index (χ1) is 6.86. The van der Waals surface area contributed by atoms with Crippen LogP contribution in [-0.2, 0) is 0 Å². The summed E-state index contributed by atoms with van der Waals surface area (Å²) in [5, 5.41) is 3.31. The summed E-state index contributed by atoms with van der Waals surface area (Å²) in [6, 6.07) is 0. The normalized spacial score (nSPS) is 21.1. The van der Waals surface area contributed by atoms with Crippen molar-refractivity contribution in [2.24, 2.45) is 5.92 Å². The molecular weight excluding hydrogens is 178 g/mol. The average Bonchev–Trinajstić information content (AvgIpc) is 2.69. The Morgan fingerprint density at radius 1 is 1.50 bits per heavy atom. The molecule has 0 radical (unpaired) electrons. The summed E-state index contributed by atoms with van der Waals surface area (Å²) in [5.41, 5.74) is 0.860. The Labute approximate surface area is 83.7 Å². The molecule has 0 aromatic carbocycles. The van der Waals surface area contributed by atoms with Crippen molar-refractivity contribution < 1.29 is 4.74 Å². The van der Waals surface area contributed by atoms with E-state index in [1.165, 1.54) is 6.42 Å². The fourth-order valence-corrected chi connectivity index (χ4v) is 1.59. The van der Waals surface area contributed by atoms with Crippen LogP contribution >= 0.6 is 0 Å². The Bertz CT molecular complexity index is 297. The van der Waals surface area contributed by atoms with Gasteiger partial charge in [0.25, 0.3) is 0 Å². The molecule has 0 spiro atoms. The zero-order valence-corrected chi connectivity index (χ0v) is 8.36. The quantitative estimate of drug-likeness (QED) is 0.770. The Morgan fingerprint density at radius 2 is 2.36 bits per heavy atom. The molecule has 0 saturated carbocycles. The van der Waals surface area contributed by atoms with Crippen molar-refractivity contribution in [3.63, 3.8) is 0 Å². The average molecular weight is 193 g/mol. The van der Waals surface area contributed by atoms with E-state index in [9.17, 15) is 0 Å². The lowest BCUT2D eigenvalue weighted by Crippen LogP contribution is -2.16. The lowest BCUT2D eigenvalue weighted by atomic mass is 10.1. The zero-order chi connectivity index (χ0) is 9.80. The topological polar surface area (TPSA) is 47.0 Å². The molecule has 0 bridgehead atoms. The van der Waals surface area contributed by atoms with Gasteiger partial charge in [0.15, 0.2) is 0 Å². The second-order valence-corrected chi connectivity index (χ2v) is 3.62. The van der Waals surface area contributed by atoms with Crippen molar-refractivity contribution in [2.75, 3.05) is 19.7 Å². The number of hydrogen-bond donors (Lipinski definition) is 1. The molecule has 2 rings (SSSR count). The summed E-state index contributed by atoms with van der Waals surface area (Å²) in [6.07, 6.45) is 4.54. The van der Waals surface area contributed by atoms with E-state index in [0.717, 1.165) is 25.4 Å². The lowest BCUT2D eigenvalue weighted by Gasteiger charge is -2.10. The predicted molar refractivity (Wildman–Crippen MR) is 53.2 cm³/mol. The largest absolute Gasteiger partial charge is 0.476 e. The predicted octanol–water partition coefficient (Wildman–Crippen LogP) is 0.773. The maximum atomic E-state index is 5.61. The van der Waals surface area contributed by atoms with Gasteiger partial charge < -0.3 is 10.1 Å². The molecule has 1 saturated heterocycles. The Balaban J connectivity index is 1.88. The smallest absolute Gasteiger partial charge is 0.235 e. The van der Waals surface area contributed by atoms with Crippen LogP contribution in [-0.4, -0.2) is 29.7 Å². The van der Waals surface area contributed by atoms with Crippen molar-refractivity contribution in [1.29, 1.82) is 0 Å². The number of nitrogens with one attached hydrogen (secondary N) is 1. The van der Waals surface area contributed by atoms with E-state index in [4.69, 9.17) is 4.74 Å². The Morgan fingerprint density at radius 3 is 3.07 bits per heavy atom. The summed E-state index contributed by atoms with van der Waals surface area (Å²) >= 11 is 0. The summed E-state index contributed by atoms with van der Waals surface area (Å²) in [7, 11) is 0. The first kappa shape index (κ1) is 9.40. The standard InChI is InChI=1S/C10H15N3O/c1-8-10(13-5-4-12-8)14-7-9-2-3-11-6-9/h4-5,9,11H,2-3,6-7H2,1H3/t9-/m0/s1. The summed E-state index contributed by atoms with van der Waals surface area (Å²) < 4.78 is 5.61. The molecule has 0 amide bonds. The Kier molecular flexibility index (Phi) is 2.93. The first-order valence-electron chi connectivity index (χ1n) is 4.97. The van der Waals surface area contributed by atoms with Gasteiger partial charge in [0.1, 0.15) is 0 Å². The van der Waals surface area contributed by atoms with E-state index in [0.29, 0.717) is 11.8 Å². The van der Waals surface area contributed by atoms with Gasteiger partial charge in [-0.2, -0.15) is 0 Å². The van der Waals surface area contributed by atoms with Gasteiger partial charge in [-0.05, 0) is 19.9 Å². The fourth-order valence-electron chi connectivity index (χ4n) is 1.59. The second kappa shape index (κ2) is 4.37. The van der Waals surface area contributed by atoms with Crippen LogP contribution in [0.1, 0.15) is 12.1 Å². The molecule has 4 nitrogen and oxygen atoms in total. The summed E-state index contributed by atoms with van der Waals surface area (Å²) in [4.78, 5) is 8.26. The van der Waals surface area contributed by atoms with E-state index in [2.05, 4.69) is 15.3 Å². The zero-order valence-electron chi connectivity index (χ0n) is 8.36. The van der Waals surface area contributed by atoms with Crippen LogP contribution in [0.5, 0.6) is 5.88 Å². The SMILES string of the molecule is Cc1nccnc1OC[C@H]1CCNC1. The molecule has 1 N–H and O–H groups in total. The van der Waals surface area contributed by atoms with Crippen LogP contribution in [0.3, 0.4) is 0 Å². The van der Waals surface area contributed by atoms with Gasteiger partial charge in [0, 0.05) is 24.9 Å². The molecular formula is C10H15N3O. The number of ether oxygens (including phenoxy) is 1. The van der Waals surface area contributed by atoms with Crippen molar-refractivity contribution in [3.05, 3.63) is 18.1 Å². The van der Waals surface area contributed by atoms with Crippen LogP contribution in [0.15, 0.2) is 12.4 Å². The van der Waals surface area contributed by atoms with Gasteiger partial charge in [0.05, 0.1) is 12.3 Å². The molecule has 1 atom stereocenters. The fraction of sp³-hybridized carbons (Fsp3) is 0.600. The highest BCUT2D eigenvalue weighted by molar-refractivity contribution is 5.14. The molecule has 1 aromatic heterocycles. The molecule has 0 aliphatic carbocycles. The van der Waals surface area contributed by atoms with Gasteiger partial charge >= 0.3 is 0 Å². The summed E-state index contributed by atoms with van der Waals surface area (Å²) in [5.74, 6) is 1.29. The molecule has 4 heteroatoms. The van der Waals surface area contributed by atoms with Crippen molar-refractivity contribution >= 4 is 0 Å². The van der Waals surface area contributed by atoms with Gasteiger partial charge in [0.2, 0.25) is 5.88 Å². The van der Waals surface area contributed by atoms with Crippen LogP contribution in [0.4, 0.5) is 0 Å². The third-order valence-corrected chi connectivity index (χ3v) is 2.45. The van der Waals surface area contributed by atoms with Gasteiger partial charge in [-0.3, -0.25) is 4.98 Å². The third kappa shape index (κ3) is 2.20. The molecule has 1 fully saturated rings. The molecule has 76 valence electrons. The highest BCUT2D eigenvalue weighted by Gasteiger charge is 2.15. The van der Waals surface area contributed by atoms with Crippen LogP contribution in [0, 0.1) is 12.8 Å². The number of nitrogens with zero attached hydrogens (tertiary/aromatic N) is 2. The maximum absolute atomic E-state index is 5.61. The van der Waals surface area contributed by atoms with E-state index in [1.54, 1.807) is 12.4 Å². The number of rotatable bonds is 3. The van der Waals surface area contributed by atoms with Crippen LogP contribution in [0.2, 0.25) is 0 Å². The van der Waals surface area contributed by atoms with Gasteiger partial charge in [-0.1, -0.05) is 0 Å². The van der Waals surface area contributed by atoms with E-state index in [1.807, 2.05) is 6.92 Å². The van der Waals surface area contributed by atoms with Crippen LogP contribution < -0.4 is 10.1 Å². The highest BCUT2D eigenvalue weighted by atomic mass is 16.5. The van der Waals surface area contributed by atoms with Gasteiger partial charge in [-0.25, -0.2) is 4.98 Å². The number of aryl methyl sites for hydroxylation is 1. The van der Waals surface area contributed by atoms with E-state index in [-0.39, 0.29) is 0 Å². The first-order valence-corrected chi connectivity index (χ1v) is 4.97.